The smallest absolute Gasteiger partial charge is 0.339 e. The normalized spacial score (nSPS) is 11.0. The first-order valence-corrected chi connectivity index (χ1v) is 8.91. The van der Waals surface area contributed by atoms with Gasteiger partial charge < -0.3 is 15.1 Å². The summed E-state index contributed by atoms with van der Waals surface area (Å²) in [6, 6.07) is 18.1. The highest BCUT2D eigenvalue weighted by atomic mass is 16.5. The lowest BCUT2D eigenvalue weighted by atomic mass is 10.0. The summed E-state index contributed by atoms with van der Waals surface area (Å²) in [5.74, 6) is 4.90. The SMILES string of the molecule is CCOC(=O)c1cn(Cc2ccc(C=NN)cc2)cc1Cc1ccccc1. The first kappa shape index (κ1) is 18.5. The molecular weight excluding hydrogens is 338 g/mol. The molecule has 2 N–H and O–H groups in total. The van der Waals surface area contributed by atoms with Crippen LogP contribution in [-0.2, 0) is 17.7 Å². The predicted molar refractivity (Wildman–Crippen MR) is 107 cm³/mol. The van der Waals surface area contributed by atoms with Crippen molar-refractivity contribution in [2.75, 3.05) is 6.61 Å². The van der Waals surface area contributed by atoms with Crippen molar-refractivity contribution in [3.63, 3.8) is 0 Å². The van der Waals surface area contributed by atoms with Crippen LogP contribution in [0.2, 0.25) is 0 Å². The minimum atomic E-state index is -0.281. The fourth-order valence-electron chi connectivity index (χ4n) is 3.00. The quantitative estimate of drug-likeness (QED) is 0.303. The molecule has 27 heavy (non-hydrogen) atoms. The third kappa shape index (κ3) is 4.85. The number of carbonyl (C=O) groups is 1. The van der Waals surface area contributed by atoms with Crippen molar-refractivity contribution in [1.29, 1.82) is 0 Å². The lowest BCUT2D eigenvalue weighted by molar-refractivity contribution is 0.0525. The van der Waals surface area contributed by atoms with Crippen molar-refractivity contribution < 1.29 is 9.53 Å². The maximum atomic E-state index is 12.4. The van der Waals surface area contributed by atoms with Gasteiger partial charge in [0.05, 0.1) is 18.4 Å². The minimum Gasteiger partial charge on any atom is -0.462 e. The van der Waals surface area contributed by atoms with Crippen molar-refractivity contribution >= 4 is 12.2 Å². The maximum Gasteiger partial charge on any atom is 0.339 e. The number of hydrazone groups is 1. The first-order chi connectivity index (χ1) is 13.2. The molecule has 5 nitrogen and oxygen atoms in total. The minimum absolute atomic E-state index is 0.281. The highest BCUT2D eigenvalue weighted by Gasteiger charge is 2.16. The molecule has 0 saturated heterocycles. The van der Waals surface area contributed by atoms with Gasteiger partial charge in [-0.15, -0.1) is 0 Å². The van der Waals surface area contributed by atoms with Crippen LogP contribution in [0.1, 0.15) is 39.5 Å². The fourth-order valence-corrected chi connectivity index (χ4v) is 3.00. The first-order valence-electron chi connectivity index (χ1n) is 8.91. The van der Waals surface area contributed by atoms with Crippen LogP contribution in [0.4, 0.5) is 0 Å². The predicted octanol–water partition coefficient (Wildman–Crippen LogP) is 3.60. The molecule has 3 rings (SSSR count). The second-order valence-electron chi connectivity index (χ2n) is 6.27. The van der Waals surface area contributed by atoms with E-state index in [1.165, 1.54) is 0 Å². The van der Waals surface area contributed by atoms with Crippen LogP contribution >= 0.6 is 0 Å². The molecule has 0 radical (unpaired) electrons. The standard InChI is InChI=1S/C22H23N3O2/c1-2-27-22(26)21-16-25(14-19-10-8-18(9-11-19)13-24-23)15-20(21)12-17-6-4-3-5-7-17/h3-11,13,15-16H,2,12,14,23H2,1H3. The van der Waals surface area contributed by atoms with E-state index in [1.807, 2.05) is 66.3 Å². The Hall–Kier alpha value is -3.34. The molecule has 5 heteroatoms. The van der Waals surface area contributed by atoms with Gasteiger partial charge in [0.2, 0.25) is 0 Å². The molecule has 2 aromatic carbocycles. The topological polar surface area (TPSA) is 69.6 Å². The summed E-state index contributed by atoms with van der Waals surface area (Å²) < 4.78 is 7.26. The third-order valence-corrected chi connectivity index (χ3v) is 4.26. The molecule has 0 aliphatic heterocycles. The molecule has 0 aliphatic carbocycles. The average molecular weight is 361 g/mol. The fraction of sp³-hybridized carbons (Fsp3) is 0.182. The Morgan fingerprint density at radius 3 is 2.48 bits per heavy atom. The van der Waals surface area contributed by atoms with Gasteiger partial charge in [-0.3, -0.25) is 0 Å². The molecule has 138 valence electrons. The summed E-state index contributed by atoms with van der Waals surface area (Å²) in [5.41, 5.74) is 4.82. The van der Waals surface area contributed by atoms with E-state index >= 15 is 0 Å². The van der Waals surface area contributed by atoms with Gasteiger partial charge >= 0.3 is 5.97 Å². The second kappa shape index (κ2) is 8.85. The summed E-state index contributed by atoms with van der Waals surface area (Å²) in [6.07, 6.45) is 6.18. The maximum absolute atomic E-state index is 12.4. The Labute approximate surface area is 159 Å². The van der Waals surface area contributed by atoms with Gasteiger partial charge in [0.1, 0.15) is 0 Å². The molecule has 0 aliphatic rings. The van der Waals surface area contributed by atoms with Gasteiger partial charge in [-0.1, -0.05) is 54.6 Å². The summed E-state index contributed by atoms with van der Waals surface area (Å²) >= 11 is 0. The molecular formula is C22H23N3O2. The molecule has 0 amide bonds. The molecule has 0 fully saturated rings. The van der Waals surface area contributed by atoms with Crippen LogP contribution < -0.4 is 5.84 Å². The second-order valence-corrected chi connectivity index (χ2v) is 6.27. The van der Waals surface area contributed by atoms with Gasteiger partial charge in [-0.05, 0) is 35.6 Å². The van der Waals surface area contributed by atoms with E-state index in [1.54, 1.807) is 6.21 Å². The zero-order valence-electron chi connectivity index (χ0n) is 15.3. The lowest BCUT2D eigenvalue weighted by Crippen LogP contribution is -2.06. The van der Waals surface area contributed by atoms with E-state index in [-0.39, 0.29) is 5.97 Å². The van der Waals surface area contributed by atoms with Crippen molar-refractivity contribution in [1.82, 2.24) is 4.57 Å². The highest BCUT2D eigenvalue weighted by Crippen LogP contribution is 2.18. The number of aromatic nitrogens is 1. The summed E-state index contributed by atoms with van der Waals surface area (Å²) in [5, 5.41) is 3.53. The summed E-state index contributed by atoms with van der Waals surface area (Å²) in [7, 11) is 0. The van der Waals surface area contributed by atoms with Gasteiger partial charge in [-0.2, -0.15) is 5.10 Å². The van der Waals surface area contributed by atoms with Crippen LogP contribution in [0.3, 0.4) is 0 Å². The van der Waals surface area contributed by atoms with Crippen LogP contribution in [0.25, 0.3) is 0 Å². The van der Waals surface area contributed by atoms with Crippen LogP contribution in [0.15, 0.2) is 72.1 Å². The van der Waals surface area contributed by atoms with Gasteiger partial charge in [0.15, 0.2) is 0 Å². The van der Waals surface area contributed by atoms with Crippen LogP contribution in [0.5, 0.6) is 0 Å². The van der Waals surface area contributed by atoms with Gasteiger partial charge in [-0.25, -0.2) is 4.79 Å². The molecule has 0 unspecified atom stereocenters. The number of carbonyl (C=O) groups excluding carboxylic acids is 1. The number of rotatable bonds is 7. The van der Waals surface area contributed by atoms with Crippen LogP contribution in [-0.4, -0.2) is 23.4 Å². The number of hydrogen-bond donors (Lipinski definition) is 1. The van der Waals surface area contributed by atoms with E-state index in [2.05, 4.69) is 17.2 Å². The number of benzene rings is 2. The number of nitrogens with zero attached hydrogens (tertiary/aromatic N) is 2. The molecule has 3 aromatic rings. The largest absolute Gasteiger partial charge is 0.462 e. The molecule has 1 aromatic heterocycles. The Morgan fingerprint density at radius 1 is 1.07 bits per heavy atom. The zero-order chi connectivity index (χ0) is 19.1. The van der Waals surface area contributed by atoms with Gasteiger partial charge in [0.25, 0.3) is 0 Å². The third-order valence-electron chi connectivity index (χ3n) is 4.26. The highest BCUT2D eigenvalue weighted by molar-refractivity contribution is 5.91. The zero-order valence-corrected chi connectivity index (χ0v) is 15.3. The van der Waals surface area contributed by atoms with Crippen molar-refractivity contribution in [2.24, 2.45) is 10.9 Å². The molecule has 0 atom stereocenters. The van der Waals surface area contributed by atoms with Gasteiger partial charge in [0, 0.05) is 18.9 Å². The summed E-state index contributed by atoms with van der Waals surface area (Å²) in [6.45, 7) is 2.85. The Balaban J connectivity index is 1.84. The summed E-state index contributed by atoms with van der Waals surface area (Å²) in [4.78, 5) is 12.4. The molecule has 0 bridgehead atoms. The van der Waals surface area contributed by atoms with E-state index in [9.17, 15) is 4.79 Å². The number of ether oxygens (including phenoxy) is 1. The van der Waals surface area contributed by atoms with Crippen molar-refractivity contribution in [3.05, 3.63) is 94.8 Å². The van der Waals surface area contributed by atoms with E-state index in [0.29, 0.717) is 25.1 Å². The van der Waals surface area contributed by atoms with Crippen molar-refractivity contribution in [2.45, 2.75) is 19.9 Å². The molecule has 1 heterocycles. The lowest BCUT2D eigenvalue weighted by Gasteiger charge is -2.04. The average Bonchev–Trinajstić information content (AvgIpc) is 3.07. The Bertz CT molecular complexity index is 912. The van der Waals surface area contributed by atoms with Crippen LogP contribution in [0, 0.1) is 0 Å². The Morgan fingerprint density at radius 2 is 1.81 bits per heavy atom. The van der Waals surface area contributed by atoms with E-state index in [4.69, 9.17) is 10.6 Å². The number of esters is 1. The van der Waals surface area contributed by atoms with E-state index < -0.39 is 0 Å². The van der Waals surface area contributed by atoms with E-state index in [0.717, 1.165) is 22.3 Å². The monoisotopic (exact) mass is 361 g/mol. The van der Waals surface area contributed by atoms with Crippen molar-refractivity contribution in [3.8, 4) is 0 Å². The number of nitrogens with two attached hydrogens (primary N) is 1. The molecule has 0 spiro atoms. The molecule has 0 saturated carbocycles. The number of hydrogen-bond acceptors (Lipinski definition) is 4. The Kier molecular flexibility index (Phi) is 6.05.